The summed E-state index contributed by atoms with van der Waals surface area (Å²) in [5, 5.41) is -1.41. The molecule has 0 radical (unpaired) electrons. The number of nitrogens with zero attached hydrogens (tertiary/aromatic N) is 2. The van der Waals surface area contributed by atoms with E-state index in [1.165, 1.54) is 6.92 Å². The van der Waals surface area contributed by atoms with Gasteiger partial charge in [0.15, 0.2) is 46.5 Å². The molecule has 3 rings (SSSR count). The Bertz CT molecular complexity index is 1240. The van der Waals surface area contributed by atoms with Crippen molar-refractivity contribution in [1.82, 2.24) is 9.55 Å². The molecule has 0 saturated heterocycles. The van der Waals surface area contributed by atoms with Crippen LogP contribution < -0.4 is 11.2 Å². The maximum absolute atomic E-state index is 14.4. The normalized spacial score (nSPS) is 11.1. The summed E-state index contributed by atoms with van der Waals surface area (Å²) < 4.78 is 88.8. The zero-order valence-corrected chi connectivity index (χ0v) is 14.3. The van der Waals surface area contributed by atoms with Crippen LogP contribution in [0.5, 0.6) is 0 Å². The van der Waals surface area contributed by atoms with Gasteiger partial charge in [0.2, 0.25) is 5.43 Å². The van der Waals surface area contributed by atoms with Gasteiger partial charge < -0.3 is 10.5 Å². The Kier molecular flexibility index (Phi) is 4.95. The third-order valence-corrected chi connectivity index (χ3v) is 3.87. The van der Waals surface area contributed by atoms with E-state index < -0.39 is 74.4 Å². The molecule has 0 atom stereocenters. The third kappa shape index (κ3) is 3.05. The van der Waals surface area contributed by atoms with Crippen LogP contribution in [0.3, 0.4) is 0 Å². The van der Waals surface area contributed by atoms with E-state index in [-0.39, 0.29) is 17.2 Å². The Morgan fingerprint density at radius 1 is 1.07 bits per heavy atom. The number of aromatic nitrogens is 2. The van der Waals surface area contributed by atoms with E-state index in [0.29, 0.717) is 6.20 Å². The van der Waals surface area contributed by atoms with E-state index in [1.807, 2.05) is 0 Å². The number of rotatable bonds is 3. The monoisotopic (exact) mass is 417 g/mol. The van der Waals surface area contributed by atoms with Crippen LogP contribution in [0.15, 0.2) is 17.1 Å². The Morgan fingerprint density at radius 2 is 1.69 bits per heavy atom. The molecular formula is C17H9F6N3O3. The second-order valence-electron chi connectivity index (χ2n) is 5.60. The molecule has 0 bridgehead atoms. The fraction of sp³-hybridized carbons (Fsp3) is 0.118. The van der Waals surface area contributed by atoms with Gasteiger partial charge in [-0.2, -0.15) is 0 Å². The largest absolute Gasteiger partial charge is 0.462 e. The standard InChI is InChI=1S/C17H9F6N3O3/c1-2-29-17(28)5-4-26(16-7(19)3-6(18)15(24)25-16)13-8(14(5)27)9(20)10(21)11(22)12(13)23/h3-4H,2H2,1H3,(H2,24,25). The van der Waals surface area contributed by atoms with Crippen LogP contribution >= 0.6 is 0 Å². The van der Waals surface area contributed by atoms with E-state index >= 15 is 0 Å². The number of carbonyl (C=O) groups excluding carboxylic acids is 1. The average molecular weight is 417 g/mol. The van der Waals surface area contributed by atoms with E-state index in [1.54, 1.807) is 0 Å². The number of fused-ring (bicyclic) bond motifs is 1. The zero-order chi connectivity index (χ0) is 21.6. The lowest BCUT2D eigenvalue weighted by Crippen LogP contribution is -2.24. The first-order valence-corrected chi connectivity index (χ1v) is 7.80. The highest BCUT2D eigenvalue weighted by molar-refractivity contribution is 5.94. The second kappa shape index (κ2) is 7.11. The molecule has 0 aliphatic heterocycles. The van der Waals surface area contributed by atoms with Gasteiger partial charge in [0.05, 0.1) is 12.0 Å². The molecule has 0 fully saturated rings. The van der Waals surface area contributed by atoms with Gasteiger partial charge in [0.1, 0.15) is 11.1 Å². The van der Waals surface area contributed by atoms with Gasteiger partial charge in [-0.15, -0.1) is 0 Å². The Morgan fingerprint density at radius 3 is 2.31 bits per heavy atom. The molecule has 0 saturated carbocycles. The minimum Gasteiger partial charge on any atom is -0.462 e. The van der Waals surface area contributed by atoms with Gasteiger partial charge in [-0.25, -0.2) is 36.1 Å². The van der Waals surface area contributed by atoms with E-state index in [4.69, 9.17) is 5.73 Å². The number of esters is 1. The fourth-order valence-electron chi connectivity index (χ4n) is 2.60. The van der Waals surface area contributed by atoms with Crippen molar-refractivity contribution in [2.45, 2.75) is 6.92 Å². The van der Waals surface area contributed by atoms with E-state index in [2.05, 4.69) is 9.72 Å². The Labute approximate surface area is 157 Å². The summed E-state index contributed by atoms with van der Waals surface area (Å²) in [6.07, 6.45) is 0.477. The number of ether oxygens (including phenoxy) is 1. The first-order valence-electron chi connectivity index (χ1n) is 7.80. The van der Waals surface area contributed by atoms with Crippen molar-refractivity contribution in [2.75, 3.05) is 12.3 Å². The van der Waals surface area contributed by atoms with Gasteiger partial charge in [-0.05, 0) is 6.92 Å². The summed E-state index contributed by atoms with van der Waals surface area (Å²) in [6, 6.07) is 0.236. The van der Waals surface area contributed by atoms with Crippen LogP contribution in [-0.2, 0) is 4.74 Å². The van der Waals surface area contributed by atoms with Crippen molar-refractivity contribution in [1.29, 1.82) is 0 Å². The number of hydrogen-bond donors (Lipinski definition) is 1. The maximum Gasteiger partial charge on any atom is 0.343 e. The van der Waals surface area contributed by atoms with E-state index in [0.717, 1.165) is 0 Å². The number of pyridine rings is 2. The maximum atomic E-state index is 14.4. The number of carbonyl (C=O) groups is 1. The predicted octanol–water partition coefficient (Wildman–Crippen LogP) is 2.98. The number of nitrogen functional groups attached to an aromatic ring is 1. The molecule has 6 nitrogen and oxygen atoms in total. The quantitative estimate of drug-likeness (QED) is 0.307. The van der Waals surface area contributed by atoms with Crippen molar-refractivity contribution in [3.05, 3.63) is 63.0 Å². The van der Waals surface area contributed by atoms with Crippen LogP contribution in [0.2, 0.25) is 0 Å². The lowest BCUT2D eigenvalue weighted by atomic mass is 10.1. The summed E-state index contributed by atoms with van der Waals surface area (Å²) in [7, 11) is 0. The molecule has 12 heteroatoms. The molecular weight excluding hydrogens is 408 g/mol. The molecule has 0 amide bonds. The molecule has 0 spiro atoms. The fourth-order valence-corrected chi connectivity index (χ4v) is 2.60. The lowest BCUT2D eigenvalue weighted by Gasteiger charge is -2.15. The summed E-state index contributed by atoms with van der Waals surface area (Å²) in [5.41, 5.74) is 1.46. The number of benzene rings is 1. The highest BCUT2D eigenvalue weighted by Crippen LogP contribution is 2.28. The van der Waals surface area contributed by atoms with Crippen molar-refractivity contribution in [3.63, 3.8) is 0 Å². The predicted molar refractivity (Wildman–Crippen MR) is 87.5 cm³/mol. The Balaban J connectivity index is 2.59. The summed E-state index contributed by atoms with van der Waals surface area (Å²) >= 11 is 0. The second-order valence-corrected chi connectivity index (χ2v) is 5.60. The van der Waals surface area contributed by atoms with Crippen LogP contribution in [0, 0.1) is 34.9 Å². The van der Waals surface area contributed by atoms with Gasteiger partial charge in [0, 0.05) is 12.3 Å². The number of anilines is 1. The topological polar surface area (TPSA) is 87.2 Å². The third-order valence-electron chi connectivity index (χ3n) is 3.87. The molecule has 0 aliphatic rings. The van der Waals surface area contributed by atoms with Crippen LogP contribution in [-0.4, -0.2) is 22.1 Å². The first-order chi connectivity index (χ1) is 13.6. The summed E-state index contributed by atoms with van der Waals surface area (Å²) in [5.74, 6) is -14.8. The molecule has 3 aromatic rings. The smallest absolute Gasteiger partial charge is 0.343 e. The number of halogens is 6. The van der Waals surface area contributed by atoms with Gasteiger partial charge in [0.25, 0.3) is 0 Å². The number of nitrogens with two attached hydrogens (primary N) is 1. The van der Waals surface area contributed by atoms with Crippen LogP contribution in [0.1, 0.15) is 17.3 Å². The SMILES string of the molecule is CCOC(=O)c1cn(-c2nc(N)c(F)cc2F)c2c(F)c(F)c(F)c(F)c2c1=O. The van der Waals surface area contributed by atoms with Crippen molar-refractivity contribution in [3.8, 4) is 5.82 Å². The molecule has 2 aromatic heterocycles. The molecule has 2 N–H and O–H groups in total. The zero-order valence-electron chi connectivity index (χ0n) is 14.3. The molecule has 152 valence electrons. The Hall–Kier alpha value is -3.57. The summed E-state index contributed by atoms with van der Waals surface area (Å²) in [6.45, 7) is 1.13. The molecule has 1 aromatic carbocycles. The molecule has 0 aliphatic carbocycles. The van der Waals surface area contributed by atoms with Crippen LogP contribution in [0.25, 0.3) is 16.7 Å². The highest BCUT2D eigenvalue weighted by atomic mass is 19.2. The van der Waals surface area contributed by atoms with Crippen molar-refractivity contribution in [2.24, 2.45) is 0 Å². The number of hydrogen-bond acceptors (Lipinski definition) is 5. The highest BCUT2D eigenvalue weighted by Gasteiger charge is 2.29. The first kappa shape index (κ1) is 20.2. The van der Waals surface area contributed by atoms with Crippen LogP contribution in [0.4, 0.5) is 32.2 Å². The summed E-state index contributed by atoms with van der Waals surface area (Å²) in [4.78, 5) is 27.8. The van der Waals surface area contributed by atoms with Crippen molar-refractivity contribution < 1.29 is 35.9 Å². The molecule has 29 heavy (non-hydrogen) atoms. The van der Waals surface area contributed by atoms with Gasteiger partial charge >= 0.3 is 5.97 Å². The van der Waals surface area contributed by atoms with Gasteiger partial charge in [-0.1, -0.05) is 0 Å². The lowest BCUT2D eigenvalue weighted by molar-refractivity contribution is 0.0524. The minimum absolute atomic E-state index is 0.235. The molecule has 2 heterocycles. The van der Waals surface area contributed by atoms with Gasteiger partial charge in [-0.3, -0.25) is 9.36 Å². The van der Waals surface area contributed by atoms with Crippen molar-refractivity contribution >= 4 is 22.7 Å². The van der Waals surface area contributed by atoms with E-state index in [9.17, 15) is 35.9 Å². The molecule has 0 unspecified atom stereocenters. The minimum atomic E-state index is -2.33. The average Bonchev–Trinajstić information content (AvgIpc) is 2.67.